The summed E-state index contributed by atoms with van der Waals surface area (Å²) in [7, 11) is 1.59. The standard InChI is InChI=1S/C27H34F3N5O4/c1-17-9-10-26(4,5)39-35(32-25(17)27(28,29)30)16-24(36)33-11-12-34(18(2)15-33)20-7-8-21(22(13-20)37-6)23-14-31-19(3)38-23/h7-8,13-14,18H,1,9-12,15-16H2,2-6H3/b32-25+/t18-/m0/s1. The van der Waals surface area contributed by atoms with Gasteiger partial charge in [0.2, 0.25) is 5.91 Å². The van der Waals surface area contributed by atoms with Gasteiger partial charge in [-0.05, 0) is 51.3 Å². The topological polar surface area (TPSA) is 83.6 Å². The minimum absolute atomic E-state index is 0.0653. The fourth-order valence-corrected chi connectivity index (χ4v) is 4.76. The lowest BCUT2D eigenvalue weighted by molar-refractivity contribution is -0.239. The third kappa shape index (κ3) is 6.55. The van der Waals surface area contributed by atoms with Crippen molar-refractivity contribution in [1.82, 2.24) is 15.1 Å². The second-order valence-corrected chi connectivity index (χ2v) is 10.4. The van der Waals surface area contributed by atoms with Crippen molar-refractivity contribution in [3.8, 4) is 17.1 Å². The lowest BCUT2D eigenvalue weighted by Crippen LogP contribution is -2.55. The van der Waals surface area contributed by atoms with Crippen LogP contribution in [0.5, 0.6) is 5.75 Å². The third-order valence-corrected chi connectivity index (χ3v) is 6.85. The molecular formula is C27H34F3N5O4. The molecule has 1 amide bonds. The van der Waals surface area contributed by atoms with E-state index >= 15 is 0 Å². The molecule has 212 valence electrons. The average Bonchev–Trinajstić information content (AvgIpc) is 3.29. The van der Waals surface area contributed by atoms with Gasteiger partial charge in [0.25, 0.3) is 0 Å². The minimum atomic E-state index is -4.70. The Bertz CT molecular complexity index is 1260. The number of nitrogens with zero attached hydrogens (tertiary/aromatic N) is 5. The molecule has 1 atom stereocenters. The SMILES string of the molecule is C=C1CCC(C)(C)ON(CC(=O)N2CCN(c3ccc(-c4cnc(C)o4)c(OC)c3)[C@@H](C)C2)/N=C\1C(F)(F)F. The Balaban J connectivity index is 1.46. The summed E-state index contributed by atoms with van der Waals surface area (Å²) in [4.78, 5) is 26.8. The number of halogens is 3. The summed E-state index contributed by atoms with van der Waals surface area (Å²) in [6.45, 7) is 11.7. The zero-order valence-corrected chi connectivity index (χ0v) is 22.8. The van der Waals surface area contributed by atoms with E-state index < -0.39 is 24.0 Å². The van der Waals surface area contributed by atoms with Gasteiger partial charge in [-0.15, -0.1) is 5.10 Å². The molecule has 1 aromatic carbocycles. The molecule has 12 heteroatoms. The van der Waals surface area contributed by atoms with E-state index in [1.54, 1.807) is 39.0 Å². The van der Waals surface area contributed by atoms with Crippen molar-refractivity contribution >= 4 is 17.3 Å². The molecular weight excluding hydrogens is 515 g/mol. The monoisotopic (exact) mass is 549 g/mol. The highest BCUT2D eigenvalue weighted by atomic mass is 19.4. The smallest absolute Gasteiger partial charge is 0.435 e. The van der Waals surface area contributed by atoms with E-state index in [1.165, 1.54) is 0 Å². The van der Waals surface area contributed by atoms with E-state index in [9.17, 15) is 18.0 Å². The second kappa shape index (κ2) is 10.9. The van der Waals surface area contributed by atoms with Crippen LogP contribution >= 0.6 is 0 Å². The molecule has 0 unspecified atom stereocenters. The van der Waals surface area contributed by atoms with Crippen molar-refractivity contribution in [3.63, 3.8) is 0 Å². The number of hydroxylamine groups is 1. The van der Waals surface area contributed by atoms with Crippen LogP contribution in [0.3, 0.4) is 0 Å². The highest BCUT2D eigenvalue weighted by molar-refractivity contribution is 6.03. The normalized spacial score (nSPS) is 21.7. The van der Waals surface area contributed by atoms with Crippen LogP contribution in [0.15, 0.2) is 46.1 Å². The predicted octanol–water partition coefficient (Wildman–Crippen LogP) is 4.98. The number of allylic oxidation sites excluding steroid dienone is 1. The van der Waals surface area contributed by atoms with Crippen molar-refractivity contribution in [2.45, 2.75) is 58.4 Å². The van der Waals surface area contributed by atoms with Crippen molar-refractivity contribution in [2.75, 3.05) is 38.2 Å². The highest BCUT2D eigenvalue weighted by Gasteiger charge is 2.41. The van der Waals surface area contributed by atoms with E-state index in [-0.39, 0.29) is 23.9 Å². The Morgan fingerprint density at radius 2 is 2.03 bits per heavy atom. The third-order valence-electron chi connectivity index (χ3n) is 6.85. The zero-order chi connectivity index (χ0) is 28.5. The Hall–Kier alpha value is -3.54. The van der Waals surface area contributed by atoms with E-state index in [1.807, 2.05) is 25.1 Å². The number of anilines is 1. The number of rotatable bonds is 5. The molecule has 2 aliphatic heterocycles. The molecule has 39 heavy (non-hydrogen) atoms. The summed E-state index contributed by atoms with van der Waals surface area (Å²) in [5.41, 5.74) is -0.370. The number of carbonyl (C=O) groups is 1. The Kier molecular flexibility index (Phi) is 7.97. The van der Waals surface area contributed by atoms with Crippen LogP contribution in [-0.2, 0) is 9.63 Å². The maximum atomic E-state index is 13.6. The van der Waals surface area contributed by atoms with E-state index in [2.05, 4.69) is 21.6 Å². The van der Waals surface area contributed by atoms with Crippen LogP contribution in [0.2, 0.25) is 0 Å². The lowest BCUT2D eigenvalue weighted by Gasteiger charge is -2.42. The number of hydrogen-bond acceptors (Lipinski definition) is 8. The van der Waals surface area contributed by atoms with Crippen LogP contribution < -0.4 is 9.64 Å². The number of alkyl halides is 3. The van der Waals surface area contributed by atoms with Crippen LogP contribution in [0.25, 0.3) is 11.3 Å². The molecule has 9 nitrogen and oxygen atoms in total. The summed E-state index contributed by atoms with van der Waals surface area (Å²) < 4.78 is 52.0. The Morgan fingerprint density at radius 3 is 2.64 bits per heavy atom. The maximum absolute atomic E-state index is 13.6. The van der Waals surface area contributed by atoms with Crippen molar-refractivity contribution in [3.05, 3.63) is 42.4 Å². The number of hydrogen-bond donors (Lipinski definition) is 0. The molecule has 0 N–H and O–H groups in total. The molecule has 1 aromatic heterocycles. The highest BCUT2D eigenvalue weighted by Crippen LogP contribution is 2.35. The number of aromatic nitrogens is 1. The summed E-state index contributed by atoms with van der Waals surface area (Å²) in [5.74, 6) is 1.42. The van der Waals surface area contributed by atoms with Crippen LogP contribution in [-0.4, -0.2) is 77.8 Å². The molecule has 0 radical (unpaired) electrons. The first-order chi connectivity index (χ1) is 18.3. The molecule has 1 saturated heterocycles. The van der Waals surface area contributed by atoms with E-state index in [4.69, 9.17) is 14.0 Å². The van der Waals surface area contributed by atoms with Crippen LogP contribution in [0.4, 0.5) is 18.9 Å². The maximum Gasteiger partial charge on any atom is 0.435 e. The van der Waals surface area contributed by atoms with Gasteiger partial charge in [0.15, 0.2) is 17.4 Å². The summed E-state index contributed by atoms with van der Waals surface area (Å²) in [6.07, 6.45) is -2.66. The van der Waals surface area contributed by atoms with Crippen molar-refractivity contribution < 1.29 is 32.0 Å². The minimum Gasteiger partial charge on any atom is -0.496 e. The van der Waals surface area contributed by atoms with Crippen molar-refractivity contribution in [2.24, 2.45) is 5.10 Å². The first-order valence-corrected chi connectivity index (χ1v) is 12.7. The van der Waals surface area contributed by atoms with Gasteiger partial charge in [-0.25, -0.2) is 9.82 Å². The molecule has 3 heterocycles. The molecule has 2 aromatic rings. The van der Waals surface area contributed by atoms with Crippen LogP contribution in [0, 0.1) is 6.92 Å². The second-order valence-electron chi connectivity index (χ2n) is 10.4. The van der Waals surface area contributed by atoms with Crippen LogP contribution in [0.1, 0.15) is 39.5 Å². The fourth-order valence-electron chi connectivity index (χ4n) is 4.76. The number of piperazine rings is 1. The quantitative estimate of drug-likeness (QED) is 0.521. The average molecular weight is 550 g/mol. The fraction of sp³-hybridized carbons (Fsp3) is 0.519. The first-order valence-electron chi connectivity index (χ1n) is 12.7. The Labute approximate surface area is 225 Å². The number of methoxy groups -OCH3 is 1. The summed E-state index contributed by atoms with van der Waals surface area (Å²) in [5, 5.41) is 4.44. The number of benzene rings is 1. The van der Waals surface area contributed by atoms with Gasteiger partial charge in [-0.1, -0.05) is 6.58 Å². The summed E-state index contributed by atoms with van der Waals surface area (Å²) >= 11 is 0. The van der Waals surface area contributed by atoms with Gasteiger partial charge < -0.3 is 19.0 Å². The number of oxazole rings is 1. The molecule has 1 fully saturated rings. The molecule has 0 aliphatic carbocycles. The zero-order valence-electron chi connectivity index (χ0n) is 22.8. The molecule has 4 rings (SSSR count). The summed E-state index contributed by atoms with van der Waals surface area (Å²) in [6, 6.07) is 5.71. The van der Waals surface area contributed by atoms with Gasteiger partial charge in [0.1, 0.15) is 12.3 Å². The first kappa shape index (κ1) is 28.5. The largest absolute Gasteiger partial charge is 0.496 e. The molecule has 2 aliphatic rings. The number of amides is 1. The van der Waals surface area contributed by atoms with Gasteiger partial charge in [-0.3, -0.25) is 4.79 Å². The Morgan fingerprint density at radius 1 is 1.28 bits per heavy atom. The van der Waals surface area contributed by atoms with Gasteiger partial charge in [-0.2, -0.15) is 18.3 Å². The predicted molar refractivity (Wildman–Crippen MR) is 140 cm³/mol. The number of ether oxygens (including phenoxy) is 1. The van der Waals surface area contributed by atoms with Gasteiger partial charge in [0, 0.05) is 44.4 Å². The number of carbonyl (C=O) groups excluding carboxylic acids is 1. The van der Waals surface area contributed by atoms with Gasteiger partial charge in [0.05, 0.1) is 24.5 Å². The molecule has 0 bridgehead atoms. The lowest BCUT2D eigenvalue weighted by atomic mass is 9.97. The molecule has 0 saturated carbocycles. The molecule has 0 spiro atoms. The number of hydrazone groups is 1. The van der Waals surface area contributed by atoms with E-state index in [0.29, 0.717) is 43.5 Å². The van der Waals surface area contributed by atoms with Gasteiger partial charge >= 0.3 is 6.18 Å². The van der Waals surface area contributed by atoms with Crippen molar-refractivity contribution in [1.29, 1.82) is 0 Å². The number of aryl methyl sites for hydroxylation is 1. The van der Waals surface area contributed by atoms with E-state index in [0.717, 1.165) is 16.4 Å².